The molecule has 0 bridgehead atoms. The van der Waals surface area contributed by atoms with Crippen LogP contribution in [-0.4, -0.2) is 33.4 Å². The number of rotatable bonds is 8. The van der Waals surface area contributed by atoms with E-state index in [0.29, 0.717) is 22.3 Å². The SMILES string of the molecule is Cc1ccc(C(C)C)c(NC(=S)N/N=C/c2ccc(-c3nn(C)c(NC(=O)c4ccc(OC(F)(F)F)cc4)c3C#N)cc2)c1. The van der Waals surface area contributed by atoms with Gasteiger partial charge in [0.1, 0.15) is 28.9 Å². The minimum absolute atomic E-state index is 0.0670. The molecule has 44 heavy (non-hydrogen) atoms. The molecule has 3 aromatic carbocycles. The smallest absolute Gasteiger partial charge is 0.406 e. The first-order valence-corrected chi connectivity index (χ1v) is 13.7. The predicted octanol–water partition coefficient (Wildman–Crippen LogP) is 6.86. The summed E-state index contributed by atoms with van der Waals surface area (Å²) in [6.07, 6.45) is -3.25. The number of ether oxygens (including phenoxy) is 1. The van der Waals surface area contributed by atoms with Gasteiger partial charge in [-0.1, -0.05) is 50.2 Å². The van der Waals surface area contributed by atoms with Crippen molar-refractivity contribution in [3.63, 3.8) is 0 Å². The Morgan fingerprint density at radius 1 is 1.09 bits per heavy atom. The van der Waals surface area contributed by atoms with Gasteiger partial charge in [-0.15, -0.1) is 13.2 Å². The maximum Gasteiger partial charge on any atom is 0.573 e. The molecule has 0 atom stereocenters. The molecule has 0 fully saturated rings. The molecule has 0 spiro atoms. The largest absolute Gasteiger partial charge is 0.573 e. The van der Waals surface area contributed by atoms with E-state index in [4.69, 9.17) is 12.2 Å². The predicted molar refractivity (Wildman–Crippen MR) is 167 cm³/mol. The average molecular weight is 620 g/mol. The number of thiocarbonyl (C=S) groups is 1. The molecule has 0 saturated carbocycles. The van der Waals surface area contributed by atoms with Crippen LogP contribution in [0.1, 0.15) is 52.4 Å². The Kier molecular flexibility index (Phi) is 9.65. The lowest BCUT2D eigenvalue weighted by atomic mass is 9.99. The van der Waals surface area contributed by atoms with Crippen LogP contribution in [0.5, 0.6) is 5.75 Å². The molecule has 0 radical (unpaired) electrons. The summed E-state index contributed by atoms with van der Waals surface area (Å²) < 4.78 is 42.4. The lowest BCUT2D eigenvalue weighted by Gasteiger charge is -2.15. The van der Waals surface area contributed by atoms with Gasteiger partial charge in [0.25, 0.3) is 5.91 Å². The van der Waals surface area contributed by atoms with Crippen molar-refractivity contribution in [2.75, 3.05) is 10.6 Å². The van der Waals surface area contributed by atoms with Gasteiger partial charge in [-0.05, 0) is 72.1 Å². The van der Waals surface area contributed by atoms with Crippen LogP contribution < -0.4 is 20.8 Å². The first kappa shape index (κ1) is 31.7. The summed E-state index contributed by atoms with van der Waals surface area (Å²) in [7, 11) is 1.56. The monoisotopic (exact) mass is 619 g/mol. The molecule has 1 heterocycles. The third-order valence-corrected chi connectivity index (χ3v) is 6.58. The van der Waals surface area contributed by atoms with E-state index >= 15 is 0 Å². The van der Waals surface area contributed by atoms with Gasteiger partial charge in [0.2, 0.25) is 0 Å². The number of benzene rings is 3. The molecular weight excluding hydrogens is 591 g/mol. The van der Waals surface area contributed by atoms with E-state index in [1.807, 2.05) is 13.0 Å². The minimum Gasteiger partial charge on any atom is -0.406 e. The van der Waals surface area contributed by atoms with Gasteiger partial charge in [-0.2, -0.15) is 15.5 Å². The van der Waals surface area contributed by atoms with Crippen LogP contribution in [0.3, 0.4) is 0 Å². The van der Waals surface area contributed by atoms with Crippen LogP contribution >= 0.6 is 12.2 Å². The van der Waals surface area contributed by atoms with Gasteiger partial charge in [0.05, 0.1) is 6.21 Å². The highest BCUT2D eigenvalue weighted by Gasteiger charge is 2.31. The first-order chi connectivity index (χ1) is 20.8. The second-order valence-electron chi connectivity index (χ2n) is 10.0. The molecule has 0 aliphatic heterocycles. The molecule has 1 aromatic heterocycles. The van der Waals surface area contributed by atoms with E-state index in [9.17, 15) is 23.2 Å². The number of hydrazone groups is 1. The molecule has 0 saturated heterocycles. The Bertz CT molecular complexity index is 1740. The third kappa shape index (κ3) is 7.99. The summed E-state index contributed by atoms with van der Waals surface area (Å²) in [5, 5.41) is 24.6. The lowest BCUT2D eigenvalue weighted by Crippen LogP contribution is -2.24. The zero-order chi connectivity index (χ0) is 32.0. The van der Waals surface area contributed by atoms with E-state index in [-0.39, 0.29) is 16.9 Å². The summed E-state index contributed by atoms with van der Waals surface area (Å²) in [5.74, 6) is -0.642. The van der Waals surface area contributed by atoms with Crippen molar-refractivity contribution in [1.29, 1.82) is 5.26 Å². The summed E-state index contributed by atoms with van der Waals surface area (Å²) in [6, 6.07) is 19.7. The number of carbonyl (C=O) groups is 1. The first-order valence-electron chi connectivity index (χ1n) is 13.3. The highest BCUT2D eigenvalue weighted by atomic mass is 32.1. The molecule has 9 nitrogen and oxygen atoms in total. The molecule has 13 heteroatoms. The molecule has 226 valence electrons. The second kappa shape index (κ2) is 13.4. The van der Waals surface area contributed by atoms with Crippen LogP contribution in [-0.2, 0) is 7.05 Å². The molecule has 4 rings (SSSR count). The fraction of sp³-hybridized carbons (Fsp3) is 0.194. The molecule has 0 unspecified atom stereocenters. The van der Waals surface area contributed by atoms with Crippen LogP contribution in [0, 0.1) is 18.3 Å². The van der Waals surface area contributed by atoms with Gasteiger partial charge >= 0.3 is 6.36 Å². The summed E-state index contributed by atoms with van der Waals surface area (Å²) in [6.45, 7) is 6.23. The fourth-order valence-electron chi connectivity index (χ4n) is 4.29. The zero-order valence-electron chi connectivity index (χ0n) is 24.2. The number of hydrogen-bond donors (Lipinski definition) is 3. The van der Waals surface area contributed by atoms with Gasteiger partial charge in [0, 0.05) is 23.9 Å². The Morgan fingerprint density at radius 2 is 1.77 bits per heavy atom. The maximum absolute atomic E-state index is 12.8. The summed E-state index contributed by atoms with van der Waals surface area (Å²) >= 11 is 5.40. The highest BCUT2D eigenvalue weighted by Crippen LogP contribution is 2.29. The molecular formula is C31H28F3N7O2S. The average Bonchev–Trinajstić information content (AvgIpc) is 3.27. The number of anilines is 2. The van der Waals surface area contributed by atoms with E-state index in [0.717, 1.165) is 34.5 Å². The number of alkyl halides is 3. The Labute approximate surface area is 257 Å². The molecule has 1 amide bonds. The Hall–Kier alpha value is -5.22. The van der Waals surface area contributed by atoms with Crippen molar-refractivity contribution in [1.82, 2.24) is 15.2 Å². The quantitative estimate of drug-likeness (QED) is 0.112. The van der Waals surface area contributed by atoms with E-state index < -0.39 is 18.0 Å². The molecule has 4 aromatic rings. The van der Waals surface area contributed by atoms with Crippen molar-refractivity contribution >= 4 is 41.0 Å². The third-order valence-electron chi connectivity index (χ3n) is 6.38. The van der Waals surface area contributed by atoms with Gasteiger partial charge in [0.15, 0.2) is 5.11 Å². The standard InChI is InChI=1S/C31H28F3N7O2S/c1-18(2)24-14-5-19(3)15-26(24)37-30(44)39-36-17-20-6-8-21(9-7-20)27-25(16-35)28(41(4)40-27)38-29(42)22-10-12-23(13-11-22)43-31(32,33)34/h5-15,17-18H,1-4H3,(H,38,42)(H2,37,39,44)/b36-17+. The summed E-state index contributed by atoms with van der Waals surface area (Å²) in [4.78, 5) is 12.8. The zero-order valence-corrected chi connectivity index (χ0v) is 25.0. The number of nitrogens with one attached hydrogen (secondary N) is 3. The number of carbonyl (C=O) groups excluding carboxylic acids is 1. The van der Waals surface area contributed by atoms with E-state index in [1.165, 1.54) is 16.8 Å². The Balaban J connectivity index is 1.42. The number of amides is 1. The van der Waals surface area contributed by atoms with Crippen LogP contribution in [0.15, 0.2) is 71.8 Å². The van der Waals surface area contributed by atoms with Gasteiger partial charge < -0.3 is 15.4 Å². The molecule has 0 aliphatic carbocycles. The summed E-state index contributed by atoms with van der Waals surface area (Å²) in [5.41, 5.74) is 7.89. The lowest BCUT2D eigenvalue weighted by molar-refractivity contribution is -0.274. The van der Waals surface area contributed by atoms with Crippen molar-refractivity contribution < 1.29 is 22.7 Å². The van der Waals surface area contributed by atoms with Crippen molar-refractivity contribution in [3.05, 3.63) is 94.5 Å². The number of nitrogens with zero attached hydrogens (tertiary/aromatic N) is 4. The van der Waals surface area contributed by atoms with E-state index in [1.54, 1.807) is 37.5 Å². The fourth-order valence-corrected chi connectivity index (χ4v) is 4.45. The van der Waals surface area contributed by atoms with Crippen LogP contribution in [0.2, 0.25) is 0 Å². The van der Waals surface area contributed by atoms with Crippen LogP contribution in [0.4, 0.5) is 24.7 Å². The normalized spacial score (nSPS) is 11.3. The van der Waals surface area contributed by atoms with Gasteiger partial charge in [-0.3, -0.25) is 14.9 Å². The number of nitriles is 1. The van der Waals surface area contributed by atoms with Gasteiger partial charge in [-0.25, -0.2) is 0 Å². The number of halogens is 3. The number of hydrogen-bond acceptors (Lipinski definition) is 6. The van der Waals surface area contributed by atoms with Crippen molar-refractivity contribution in [2.45, 2.75) is 33.1 Å². The van der Waals surface area contributed by atoms with Crippen molar-refractivity contribution in [3.8, 4) is 23.1 Å². The Morgan fingerprint density at radius 3 is 2.39 bits per heavy atom. The second-order valence-corrected chi connectivity index (χ2v) is 10.4. The molecule has 0 aliphatic rings. The van der Waals surface area contributed by atoms with E-state index in [2.05, 4.69) is 63.0 Å². The number of aryl methyl sites for hydroxylation is 2. The number of aromatic nitrogens is 2. The topological polar surface area (TPSA) is 116 Å². The maximum atomic E-state index is 12.8. The van der Waals surface area contributed by atoms with Crippen molar-refractivity contribution in [2.24, 2.45) is 12.1 Å². The van der Waals surface area contributed by atoms with Crippen LogP contribution in [0.25, 0.3) is 11.3 Å². The molecule has 3 N–H and O–H groups in total. The highest BCUT2D eigenvalue weighted by molar-refractivity contribution is 7.80. The minimum atomic E-state index is -4.84.